The van der Waals surface area contributed by atoms with E-state index in [4.69, 9.17) is 5.73 Å². The van der Waals surface area contributed by atoms with Gasteiger partial charge >= 0.3 is 0 Å². The van der Waals surface area contributed by atoms with Crippen molar-refractivity contribution in [1.29, 1.82) is 0 Å². The summed E-state index contributed by atoms with van der Waals surface area (Å²) >= 11 is 1.63. The van der Waals surface area contributed by atoms with Gasteiger partial charge in [-0.25, -0.2) is 4.98 Å². The molecular formula is C15H19N3S. The SMILES string of the molecule is Nc1nc(-c2ccccc2)c(CN2CCCCC2)s1. The molecule has 2 heterocycles. The van der Waals surface area contributed by atoms with Crippen LogP contribution in [0.2, 0.25) is 0 Å². The highest BCUT2D eigenvalue weighted by molar-refractivity contribution is 7.15. The zero-order chi connectivity index (χ0) is 13.1. The Morgan fingerprint density at radius 2 is 1.84 bits per heavy atom. The number of rotatable bonds is 3. The third kappa shape index (κ3) is 2.96. The van der Waals surface area contributed by atoms with Gasteiger partial charge < -0.3 is 5.73 Å². The molecule has 1 aromatic heterocycles. The summed E-state index contributed by atoms with van der Waals surface area (Å²) in [6.07, 6.45) is 4.00. The predicted octanol–water partition coefficient (Wildman–Crippen LogP) is 3.38. The number of piperidine rings is 1. The number of nitrogen functional groups attached to an aromatic ring is 1. The Morgan fingerprint density at radius 1 is 1.11 bits per heavy atom. The van der Waals surface area contributed by atoms with Gasteiger partial charge in [0.2, 0.25) is 0 Å². The summed E-state index contributed by atoms with van der Waals surface area (Å²) in [5, 5.41) is 0.672. The van der Waals surface area contributed by atoms with E-state index in [0.29, 0.717) is 5.13 Å². The maximum atomic E-state index is 5.91. The molecule has 100 valence electrons. The molecule has 1 fully saturated rings. The molecule has 4 heteroatoms. The van der Waals surface area contributed by atoms with Crippen LogP contribution in [0.25, 0.3) is 11.3 Å². The third-order valence-electron chi connectivity index (χ3n) is 3.58. The molecule has 3 rings (SSSR count). The molecule has 2 N–H and O–H groups in total. The second kappa shape index (κ2) is 5.72. The third-order valence-corrected chi connectivity index (χ3v) is 4.45. The molecule has 0 radical (unpaired) electrons. The van der Waals surface area contributed by atoms with Crippen molar-refractivity contribution in [2.24, 2.45) is 0 Å². The van der Waals surface area contributed by atoms with Crippen LogP contribution in [0.1, 0.15) is 24.1 Å². The summed E-state index contributed by atoms with van der Waals surface area (Å²) in [4.78, 5) is 8.33. The summed E-state index contributed by atoms with van der Waals surface area (Å²) in [5.74, 6) is 0. The summed E-state index contributed by atoms with van der Waals surface area (Å²) in [7, 11) is 0. The minimum atomic E-state index is 0.672. The Hall–Kier alpha value is -1.39. The fraction of sp³-hybridized carbons (Fsp3) is 0.400. The second-order valence-corrected chi connectivity index (χ2v) is 6.14. The first-order valence-corrected chi connectivity index (χ1v) is 7.67. The van der Waals surface area contributed by atoms with E-state index < -0.39 is 0 Å². The van der Waals surface area contributed by atoms with Crippen LogP contribution in [-0.4, -0.2) is 23.0 Å². The van der Waals surface area contributed by atoms with Gasteiger partial charge in [-0.15, -0.1) is 11.3 Å². The molecule has 0 spiro atoms. The van der Waals surface area contributed by atoms with Gasteiger partial charge in [-0.1, -0.05) is 36.8 Å². The molecule has 19 heavy (non-hydrogen) atoms. The monoisotopic (exact) mass is 273 g/mol. The fourth-order valence-corrected chi connectivity index (χ4v) is 3.52. The first-order chi connectivity index (χ1) is 9.33. The number of benzene rings is 1. The predicted molar refractivity (Wildman–Crippen MR) is 81.1 cm³/mol. The number of thiazole rings is 1. The van der Waals surface area contributed by atoms with Crippen LogP contribution in [0, 0.1) is 0 Å². The van der Waals surface area contributed by atoms with Crippen molar-refractivity contribution < 1.29 is 0 Å². The Balaban J connectivity index is 1.85. The van der Waals surface area contributed by atoms with Crippen molar-refractivity contribution in [2.45, 2.75) is 25.8 Å². The van der Waals surface area contributed by atoms with Crippen molar-refractivity contribution in [2.75, 3.05) is 18.8 Å². The number of nitrogens with two attached hydrogens (primary N) is 1. The summed E-state index contributed by atoms with van der Waals surface area (Å²) in [6.45, 7) is 3.39. The van der Waals surface area contributed by atoms with Gasteiger partial charge in [0, 0.05) is 17.0 Å². The van der Waals surface area contributed by atoms with Crippen LogP contribution in [0.5, 0.6) is 0 Å². The maximum Gasteiger partial charge on any atom is 0.180 e. The van der Waals surface area contributed by atoms with Gasteiger partial charge in [0.25, 0.3) is 0 Å². The number of likely N-dealkylation sites (tertiary alicyclic amines) is 1. The van der Waals surface area contributed by atoms with Crippen molar-refractivity contribution in [3.63, 3.8) is 0 Å². The molecule has 0 aliphatic carbocycles. The first-order valence-electron chi connectivity index (χ1n) is 6.86. The lowest BCUT2D eigenvalue weighted by molar-refractivity contribution is 0.223. The van der Waals surface area contributed by atoms with Crippen LogP contribution < -0.4 is 5.73 Å². The molecule has 1 aromatic carbocycles. The Kier molecular flexibility index (Phi) is 3.80. The molecule has 1 saturated heterocycles. The van der Waals surface area contributed by atoms with Crippen molar-refractivity contribution >= 4 is 16.5 Å². The lowest BCUT2D eigenvalue weighted by atomic mass is 10.1. The molecule has 0 bridgehead atoms. The Morgan fingerprint density at radius 3 is 2.58 bits per heavy atom. The van der Waals surface area contributed by atoms with Crippen molar-refractivity contribution in [1.82, 2.24) is 9.88 Å². The lowest BCUT2D eigenvalue weighted by Gasteiger charge is -2.26. The molecule has 1 aliphatic rings. The number of hydrogen-bond donors (Lipinski definition) is 1. The van der Waals surface area contributed by atoms with Crippen LogP contribution >= 0.6 is 11.3 Å². The Labute approximate surface area is 118 Å². The minimum Gasteiger partial charge on any atom is -0.375 e. The molecule has 1 aliphatic heterocycles. The van der Waals surface area contributed by atoms with Crippen molar-refractivity contribution in [3.05, 3.63) is 35.2 Å². The standard InChI is InChI=1S/C15H19N3S/c16-15-17-14(12-7-3-1-4-8-12)13(19-15)11-18-9-5-2-6-10-18/h1,3-4,7-8H,2,5-6,9-11H2,(H2,16,17). The molecule has 0 amide bonds. The number of nitrogens with zero attached hydrogens (tertiary/aromatic N) is 2. The minimum absolute atomic E-state index is 0.672. The highest BCUT2D eigenvalue weighted by Crippen LogP contribution is 2.31. The highest BCUT2D eigenvalue weighted by atomic mass is 32.1. The molecule has 2 aromatic rings. The van der Waals surface area contributed by atoms with Gasteiger partial charge in [-0.3, -0.25) is 4.90 Å². The van der Waals surface area contributed by atoms with E-state index in [1.54, 1.807) is 11.3 Å². The quantitative estimate of drug-likeness (QED) is 0.932. The van der Waals surface area contributed by atoms with Gasteiger partial charge in [0.05, 0.1) is 5.69 Å². The van der Waals surface area contributed by atoms with E-state index in [1.807, 2.05) is 6.07 Å². The van der Waals surface area contributed by atoms with E-state index in [9.17, 15) is 0 Å². The maximum absolute atomic E-state index is 5.91. The summed E-state index contributed by atoms with van der Waals surface area (Å²) in [6, 6.07) is 10.3. The van der Waals surface area contributed by atoms with Gasteiger partial charge in [0.1, 0.15) is 0 Å². The van der Waals surface area contributed by atoms with E-state index in [0.717, 1.165) is 12.2 Å². The smallest absolute Gasteiger partial charge is 0.180 e. The number of anilines is 1. The van der Waals surface area contributed by atoms with Crippen LogP contribution in [0.3, 0.4) is 0 Å². The van der Waals surface area contributed by atoms with Gasteiger partial charge in [0.15, 0.2) is 5.13 Å². The zero-order valence-electron chi connectivity index (χ0n) is 11.0. The molecule has 0 atom stereocenters. The molecular weight excluding hydrogens is 254 g/mol. The first kappa shape index (κ1) is 12.6. The Bertz CT molecular complexity index is 530. The molecule has 3 nitrogen and oxygen atoms in total. The van der Waals surface area contributed by atoms with E-state index >= 15 is 0 Å². The number of aromatic nitrogens is 1. The second-order valence-electron chi connectivity index (χ2n) is 5.03. The summed E-state index contributed by atoms with van der Waals surface area (Å²) in [5.41, 5.74) is 8.14. The largest absolute Gasteiger partial charge is 0.375 e. The highest BCUT2D eigenvalue weighted by Gasteiger charge is 2.16. The van der Waals surface area contributed by atoms with Gasteiger partial charge in [-0.05, 0) is 25.9 Å². The molecule has 0 unspecified atom stereocenters. The van der Waals surface area contributed by atoms with E-state index in [-0.39, 0.29) is 0 Å². The van der Waals surface area contributed by atoms with Crippen molar-refractivity contribution in [3.8, 4) is 11.3 Å². The lowest BCUT2D eigenvalue weighted by Crippen LogP contribution is -2.28. The van der Waals surface area contributed by atoms with Crippen LogP contribution in [0.4, 0.5) is 5.13 Å². The zero-order valence-corrected chi connectivity index (χ0v) is 11.8. The average molecular weight is 273 g/mol. The fourth-order valence-electron chi connectivity index (χ4n) is 2.62. The summed E-state index contributed by atoms with van der Waals surface area (Å²) < 4.78 is 0. The average Bonchev–Trinajstić information content (AvgIpc) is 2.82. The normalized spacial score (nSPS) is 16.6. The van der Waals surface area contributed by atoms with Crippen LogP contribution in [0.15, 0.2) is 30.3 Å². The topological polar surface area (TPSA) is 42.1 Å². The van der Waals surface area contributed by atoms with Crippen LogP contribution in [-0.2, 0) is 6.54 Å². The van der Waals surface area contributed by atoms with E-state index in [2.05, 4.69) is 34.1 Å². The molecule has 0 saturated carbocycles. The van der Waals surface area contributed by atoms with Gasteiger partial charge in [-0.2, -0.15) is 0 Å². The number of hydrogen-bond acceptors (Lipinski definition) is 4. The van der Waals surface area contributed by atoms with E-state index in [1.165, 1.54) is 42.8 Å².